The zero-order valence-corrected chi connectivity index (χ0v) is 26.8. The van der Waals surface area contributed by atoms with Crippen molar-refractivity contribution in [1.29, 1.82) is 0 Å². The van der Waals surface area contributed by atoms with E-state index in [1.54, 1.807) is 22.8 Å². The second kappa shape index (κ2) is 14.0. The number of halogens is 3. The molecule has 47 heavy (non-hydrogen) atoms. The highest BCUT2D eigenvalue weighted by Gasteiger charge is 2.31. The Morgan fingerprint density at radius 2 is 1.40 bits per heavy atom. The Morgan fingerprint density at radius 3 is 2.06 bits per heavy atom. The van der Waals surface area contributed by atoms with E-state index < -0.39 is 11.7 Å². The van der Waals surface area contributed by atoms with Crippen LogP contribution in [0.3, 0.4) is 0 Å². The number of hydrogen-bond acceptors (Lipinski definition) is 7. The van der Waals surface area contributed by atoms with Crippen molar-refractivity contribution < 1.29 is 22.8 Å². The van der Waals surface area contributed by atoms with Crippen molar-refractivity contribution in [3.63, 3.8) is 0 Å². The second-order valence-corrected chi connectivity index (χ2v) is 12.5. The highest BCUT2D eigenvalue weighted by molar-refractivity contribution is 7.98. The monoisotopic (exact) mass is 660 g/mol. The number of anilines is 2. The molecule has 0 atom stereocenters. The quantitative estimate of drug-likeness (QED) is 0.176. The van der Waals surface area contributed by atoms with E-state index in [0.717, 1.165) is 28.7 Å². The molecule has 0 unspecified atom stereocenters. The fourth-order valence-electron chi connectivity index (χ4n) is 5.77. The first-order valence-electron chi connectivity index (χ1n) is 15.5. The number of piperazine rings is 2. The lowest BCUT2D eigenvalue weighted by Crippen LogP contribution is -2.50. The van der Waals surface area contributed by atoms with Crippen molar-refractivity contribution in [2.24, 2.45) is 0 Å². The first-order chi connectivity index (χ1) is 22.6. The lowest BCUT2D eigenvalue weighted by molar-refractivity contribution is -0.137. The number of alkyl halides is 3. The molecule has 2 aliphatic heterocycles. The molecule has 2 saturated heterocycles. The van der Waals surface area contributed by atoms with Crippen LogP contribution in [-0.4, -0.2) is 83.9 Å². The fraction of sp³-hybridized carbons (Fsp3) is 0.314. The number of benzene rings is 3. The first-order valence-corrected chi connectivity index (χ1v) is 16.5. The summed E-state index contributed by atoms with van der Waals surface area (Å²) in [4.78, 5) is 42.0. The molecule has 12 heteroatoms. The van der Waals surface area contributed by atoms with Gasteiger partial charge in [0.15, 0.2) is 5.16 Å². The number of hydrogen-bond donors (Lipinski definition) is 0. The Hall–Kier alpha value is -4.58. The van der Waals surface area contributed by atoms with Crippen molar-refractivity contribution in [3.05, 3.63) is 102 Å². The number of amides is 2. The third kappa shape index (κ3) is 7.87. The maximum absolute atomic E-state index is 13.3. The third-order valence-electron chi connectivity index (χ3n) is 8.48. The minimum absolute atomic E-state index is 0.0287. The van der Waals surface area contributed by atoms with Crippen molar-refractivity contribution >= 4 is 35.1 Å². The lowest BCUT2D eigenvalue weighted by atomic mass is 10.1. The lowest BCUT2D eigenvalue weighted by Gasteiger charge is -2.37. The van der Waals surface area contributed by atoms with Crippen molar-refractivity contribution in [3.8, 4) is 11.3 Å². The molecule has 0 radical (unpaired) electrons. The largest absolute Gasteiger partial charge is 0.416 e. The van der Waals surface area contributed by atoms with Gasteiger partial charge >= 0.3 is 6.18 Å². The van der Waals surface area contributed by atoms with Crippen LogP contribution in [0.15, 0.2) is 90.1 Å². The summed E-state index contributed by atoms with van der Waals surface area (Å²) in [6, 6.07) is 24.9. The molecule has 4 aromatic rings. The van der Waals surface area contributed by atoms with Crippen LogP contribution in [0.25, 0.3) is 11.3 Å². The van der Waals surface area contributed by atoms with Gasteiger partial charge in [-0.15, -0.1) is 0 Å². The SMILES string of the molecule is CC(=O)N1CCN(C(=O)c2ccc(CSc3nc(-c4ccccc4)cc(N4CCN(c5cccc(C(F)(F)F)c5)CC4)n3)cc2)CC1. The number of aromatic nitrogens is 2. The standard InChI is InChI=1S/C35H35F3N6O2S/c1-25(45)41-14-20-44(21-15-41)33(46)28-12-10-26(11-13-28)24-47-34-39-31(27-6-3-2-4-7-27)23-32(40-34)43-18-16-42(17-19-43)30-9-5-8-29(22-30)35(36,37)38/h2-13,22-23H,14-21,24H2,1H3. The Kier molecular flexibility index (Phi) is 9.67. The van der Waals surface area contributed by atoms with Gasteiger partial charge in [-0.3, -0.25) is 9.59 Å². The normalized spacial score (nSPS) is 15.6. The Balaban J connectivity index is 1.13. The molecule has 244 valence electrons. The smallest absolute Gasteiger partial charge is 0.368 e. The molecule has 0 spiro atoms. The Morgan fingerprint density at radius 1 is 0.745 bits per heavy atom. The van der Waals surface area contributed by atoms with E-state index in [-0.39, 0.29) is 11.8 Å². The van der Waals surface area contributed by atoms with Crippen LogP contribution in [0, 0.1) is 0 Å². The maximum Gasteiger partial charge on any atom is 0.416 e. The van der Waals surface area contributed by atoms with Crippen molar-refractivity contribution in [2.45, 2.75) is 24.0 Å². The van der Waals surface area contributed by atoms with Gasteiger partial charge in [0.1, 0.15) is 5.82 Å². The highest BCUT2D eigenvalue weighted by atomic mass is 32.2. The second-order valence-electron chi connectivity index (χ2n) is 11.6. The summed E-state index contributed by atoms with van der Waals surface area (Å²) in [5.74, 6) is 1.37. The van der Waals surface area contributed by atoms with Gasteiger partial charge in [0, 0.05) is 87.9 Å². The Bertz CT molecular complexity index is 1700. The van der Waals surface area contributed by atoms with E-state index in [1.165, 1.54) is 23.9 Å². The molecule has 3 aromatic carbocycles. The minimum atomic E-state index is -4.38. The molecule has 2 aliphatic rings. The number of carbonyl (C=O) groups excluding carboxylic acids is 2. The van der Waals surface area contributed by atoms with Gasteiger partial charge in [0.25, 0.3) is 5.91 Å². The average molecular weight is 661 g/mol. The van der Waals surface area contributed by atoms with E-state index >= 15 is 0 Å². The predicted molar refractivity (Wildman–Crippen MR) is 177 cm³/mol. The summed E-state index contributed by atoms with van der Waals surface area (Å²) >= 11 is 1.51. The van der Waals surface area contributed by atoms with Crippen LogP contribution in [0.5, 0.6) is 0 Å². The average Bonchev–Trinajstić information content (AvgIpc) is 3.11. The van der Waals surface area contributed by atoms with E-state index in [2.05, 4.69) is 4.90 Å². The molecule has 0 saturated carbocycles. The van der Waals surface area contributed by atoms with Gasteiger partial charge in [0.05, 0.1) is 11.3 Å². The summed E-state index contributed by atoms with van der Waals surface area (Å²) < 4.78 is 39.9. The van der Waals surface area contributed by atoms with Gasteiger partial charge in [-0.25, -0.2) is 9.97 Å². The summed E-state index contributed by atoms with van der Waals surface area (Å²) in [7, 11) is 0. The maximum atomic E-state index is 13.3. The van der Waals surface area contributed by atoms with Crippen molar-refractivity contribution in [2.75, 3.05) is 62.2 Å². The van der Waals surface area contributed by atoms with Crippen LogP contribution in [0.4, 0.5) is 24.7 Å². The van der Waals surface area contributed by atoms with Crippen LogP contribution in [-0.2, 0) is 16.7 Å². The Labute approximate surface area is 276 Å². The molecule has 2 amide bonds. The number of nitrogens with zero attached hydrogens (tertiary/aromatic N) is 6. The third-order valence-corrected chi connectivity index (χ3v) is 9.40. The van der Waals surface area contributed by atoms with Crippen LogP contribution >= 0.6 is 11.8 Å². The zero-order chi connectivity index (χ0) is 33.0. The van der Waals surface area contributed by atoms with Crippen LogP contribution < -0.4 is 9.80 Å². The van der Waals surface area contributed by atoms with E-state index in [1.807, 2.05) is 65.6 Å². The molecular weight excluding hydrogens is 625 g/mol. The first kappa shape index (κ1) is 32.4. The molecule has 1 aromatic heterocycles. The minimum Gasteiger partial charge on any atom is -0.368 e. The van der Waals surface area contributed by atoms with Gasteiger partial charge in [-0.05, 0) is 35.9 Å². The van der Waals surface area contributed by atoms with Gasteiger partial charge in [-0.1, -0.05) is 60.3 Å². The topological polar surface area (TPSA) is 72.9 Å². The molecule has 0 aliphatic carbocycles. The predicted octanol–water partition coefficient (Wildman–Crippen LogP) is 6.09. The fourth-order valence-corrected chi connectivity index (χ4v) is 6.58. The van der Waals surface area contributed by atoms with Crippen LogP contribution in [0.2, 0.25) is 0 Å². The summed E-state index contributed by atoms with van der Waals surface area (Å²) in [5, 5.41) is 0.616. The molecule has 0 bridgehead atoms. The molecule has 3 heterocycles. The van der Waals surface area contributed by atoms with Gasteiger partial charge in [0.2, 0.25) is 5.91 Å². The number of rotatable bonds is 7. The summed E-state index contributed by atoms with van der Waals surface area (Å²) in [5.41, 5.74) is 3.32. The molecule has 0 N–H and O–H groups in total. The van der Waals surface area contributed by atoms with Crippen LogP contribution in [0.1, 0.15) is 28.4 Å². The van der Waals surface area contributed by atoms with Gasteiger partial charge < -0.3 is 19.6 Å². The van der Waals surface area contributed by atoms with E-state index in [4.69, 9.17) is 9.97 Å². The number of thioether (sulfide) groups is 1. The summed E-state index contributed by atoms with van der Waals surface area (Å²) in [6.07, 6.45) is -4.38. The van der Waals surface area contributed by atoms with E-state index in [9.17, 15) is 22.8 Å². The summed E-state index contributed by atoms with van der Waals surface area (Å²) in [6.45, 7) is 6.01. The van der Waals surface area contributed by atoms with Crippen molar-refractivity contribution in [1.82, 2.24) is 19.8 Å². The molecule has 2 fully saturated rings. The molecule has 8 nitrogen and oxygen atoms in total. The number of carbonyl (C=O) groups is 2. The van der Waals surface area contributed by atoms with E-state index in [0.29, 0.717) is 74.5 Å². The molecule has 6 rings (SSSR count). The zero-order valence-electron chi connectivity index (χ0n) is 26.0. The van der Waals surface area contributed by atoms with Gasteiger partial charge in [-0.2, -0.15) is 13.2 Å². The highest BCUT2D eigenvalue weighted by Crippen LogP contribution is 2.33. The molecular formula is C35H35F3N6O2S.